The van der Waals surface area contributed by atoms with Crippen LogP contribution in [-0.2, 0) is 38.1 Å². The SMILES string of the molecule is O=C(O)CCC(=O)C(=O)OCc1cc(C(F)(F)F)cc(C(F)(F)F)c1. The minimum absolute atomic E-state index is 0.0939. The maximum Gasteiger partial charge on any atom is 0.416 e. The minimum Gasteiger partial charge on any atom is -0.481 e. The topological polar surface area (TPSA) is 80.7 Å². The van der Waals surface area contributed by atoms with Gasteiger partial charge in [-0.15, -0.1) is 0 Å². The quantitative estimate of drug-likeness (QED) is 0.471. The molecule has 0 radical (unpaired) electrons. The fourth-order valence-corrected chi connectivity index (χ4v) is 1.65. The van der Waals surface area contributed by atoms with Gasteiger partial charge in [-0.1, -0.05) is 0 Å². The lowest BCUT2D eigenvalue weighted by atomic mass is 10.1. The zero-order valence-electron chi connectivity index (χ0n) is 12.2. The lowest BCUT2D eigenvalue weighted by Gasteiger charge is -2.14. The van der Waals surface area contributed by atoms with Gasteiger partial charge in [0.2, 0.25) is 5.78 Å². The van der Waals surface area contributed by atoms with Gasteiger partial charge in [0.1, 0.15) is 6.61 Å². The fourth-order valence-electron chi connectivity index (χ4n) is 1.65. The number of carbonyl (C=O) groups excluding carboxylic acids is 2. The Labute approximate surface area is 136 Å². The van der Waals surface area contributed by atoms with Gasteiger partial charge in [0.25, 0.3) is 0 Å². The number of halogens is 6. The molecule has 5 nitrogen and oxygen atoms in total. The van der Waals surface area contributed by atoms with Crippen LogP contribution in [0.2, 0.25) is 0 Å². The van der Waals surface area contributed by atoms with Crippen LogP contribution in [0, 0.1) is 0 Å². The number of aliphatic carboxylic acids is 1. The Balaban J connectivity index is 2.92. The number of Topliss-reactive ketones (excluding diaryl/α,β-unsaturated/α-hetero) is 1. The van der Waals surface area contributed by atoms with E-state index in [4.69, 9.17) is 5.11 Å². The van der Waals surface area contributed by atoms with E-state index in [0.717, 1.165) is 0 Å². The van der Waals surface area contributed by atoms with Gasteiger partial charge in [-0.25, -0.2) is 4.79 Å². The third-order valence-electron chi connectivity index (χ3n) is 2.81. The van der Waals surface area contributed by atoms with Crippen LogP contribution in [0.1, 0.15) is 29.5 Å². The summed E-state index contributed by atoms with van der Waals surface area (Å²) >= 11 is 0. The van der Waals surface area contributed by atoms with Crippen molar-refractivity contribution in [1.29, 1.82) is 0 Å². The summed E-state index contributed by atoms with van der Waals surface area (Å²) < 4.78 is 80.3. The van der Waals surface area contributed by atoms with E-state index in [1.165, 1.54) is 0 Å². The Bertz CT molecular complexity index is 645. The summed E-state index contributed by atoms with van der Waals surface area (Å²) in [5.74, 6) is -4.17. The molecular formula is C14H10F6O5. The van der Waals surface area contributed by atoms with Gasteiger partial charge in [0, 0.05) is 6.42 Å². The summed E-state index contributed by atoms with van der Waals surface area (Å²) in [5, 5.41) is 8.35. The Kier molecular flexibility index (Phi) is 6.16. The number of carboxylic acid groups (broad SMARTS) is 1. The summed E-state index contributed by atoms with van der Waals surface area (Å²) in [5.41, 5.74) is -3.81. The van der Waals surface area contributed by atoms with Crippen molar-refractivity contribution in [2.45, 2.75) is 31.8 Å². The molecule has 1 aromatic carbocycles. The standard InChI is InChI=1S/C14H10F6O5/c15-13(16,17)8-3-7(4-9(5-8)14(18,19)20)6-25-12(24)10(21)1-2-11(22)23/h3-5H,1-2,6H2,(H,22,23). The fraction of sp³-hybridized carbons (Fsp3) is 0.357. The predicted molar refractivity (Wildman–Crippen MR) is 68.1 cm³/mol. The molecule has 0 amide bonds. The molecule has 0 saturated carbocycles. The van der Waals surface area contributed by atoms with E-state index in [1.54, 1.807) is 0 Å². The first-order valence-corrected chi connectivity index (χ1v) is 6.51. The van der Waals surface area contributed by atoms with Crippen molar-refractivity contribution in [2.24, 2.45) is 0 Å². The molecule has 138 valence electrons. The maximum absolute atomic E-state index is 12.7. The first-order valence-electron chi connectivity index (χ1n) is 6.51. The Morgan fingerprint density at radius 1 is 0.880 bits per heavy atom. The van der Waals surface area contributed by atoms with Crippen molar-refractivity contribution in [3.63, 3.8) is 0 Å². The van der Waals surface area contributed by atoms with E-state index < -0.39 is 66.2 Å². The van der Waals surface area contributed by atoms with Crippen molar-refractivity contribution in [2.75, 3.05) is 0 Å². The second kappa shape index (κ2) is 7.53. The molecule has 0 aliphatic rings. The minimum atomic E-state index is -5.06. The van der Waals surface area contributed by atoms with Crippen LogP contribution in [0.25, 0.3) is 0 Å². The van der Waals surface area contributed by atoms with Gasteiger partial charge in [-0.2, -0.15) is 26.3 Å². The molecule has 0 aliphatic carbocycles. The molecule has 0 atom stereocenters. The number of hydrogen-bond donors (Lipinski definition) is 1. The summed E-state index contributed by atoms with van der Waals surface area (Å²) in [4.78, 5) is 32.8. The van der Waals surface area contributed by atoms with Crippen molar-refractivity contribution in [3.8, 4) is 0 Å². The van der Waals surface area contributed by atoms with Crippen LogP contribution in [-0.4, -0.2) is 22.8 Å². The predicted octanol–water partition coefficient (Wildman–Crippen LogP) is 3.20. The van der Waals surface area contributed by atoms with Crippen LogP contribution in [0.5, 0.6) is 0 Å². The molecule has 1 rings (SSSR count). The van der Waals surface area contributed by atoms with Crippen LogP contribution < -0.4 is 0 Å². The molecule has 1 aromatic rings. The van der Waals surface area contributed by atoms with E-state index in [9.17, 15) is 40.7 Å². The molecular weight excluding hydrogens is 362 g/mol. The molecule has 0 heterocycles. The normalized spacial score (nSPS) is 11.9. The highest BCUT2D eigenvalue weighted by atomic mass is 19.4. The molecule has 0 aliphatic heterocycles. The van der Waals surface area contributed by atoms with E-state index in [2.05, 4.69) is 4.74 Å². The average molecular weight is 372 g/mol. The number of alkyl halides is 6. The van der Waals surface area contributed by atoms with Crippen LogP contribution in [0.15, 0.2) is 18.2 Å². The molecule has 0 unspecified atom stereocenters. The summed E-state index contributed by atoms with van der Waals surface area (Å²) in [6.45, 7) is -1.01. The monoisotopic (exact) mass is 372 g/mol. The first-order chi connectivity index (χ1) is 11.3. The van der Waals surface area contributed by atoms with Crippen LogP contribution in [0.3, 0.4) is 0 Å². The second-order valence-corrected chi connectivity index (χ2v) is 4.81. The molecule has 0 spiro atoms. The molecule has 1 N–H and O–H groups in total. The molecule has 0 saturated heterocycles. The Hall–Kier alpha value is -2.59. The Morgan fingerprint density at radius 2 is 1.36 bits per heavy atom. The lowest BCUT2D eigenvalue weighted by Crippen LogP contribution is -2.19. The number of ether oxygens (including phenoxy) is 1. The second-order valence-electron chi connectivity index (χ2n) is 4.81. The molecule has 11 heteroatoms. The van der Waals surface area contributed by atoms with Gasteiger partial charge in [0.15, 0.2) is 0 Å². The van der Waals surface area contributed by atoms with Gasteiger partial charge in [-0.05, 0) is 23.8 Å². The number of carboxylic acids is 1. The smallest absolute Gasteiger partial charge is 0.416 e. The highest BCUT2D eigenvalue weighted by Crippen LogP contribution is 2.36. The maximum atomic E-state index is 12.7. The third-order valence-corrected chi connectivity index (χ3v) is 2.81. The summed E-state index contributed by atoms with van der Waals surface area (Å²) in [7, 11) is 0. The summed E-state index contributed by atoms with van der Waals surface area (Å²) in [6, 6.07) is 0.609. The summed E-state index contributed by atoms with van der Waals surface area (Å²) in [6.07, 6.45) is -11.5. The molecule has 0 aromatic heterocycles. The van der Waals surface area contributed by atoms with E-state index in [-0.39, 0.29) is 6.07 Å². The van der Waals surface area contributed by atoms with Crippen molar-refractivity contribution >= 4 is 17.7 Å². The van der Waals surface area contributed by atoms with Crippen molar-refractivity contribution in [1.82, 2.24) is 0 Å². The zero-order chi connectivity index (χ0) is 19.4. The van der Waals surface area contributed by atoms with Gasteiger partial charge in [0.05, 0.1) is 17.5 Å². The van der Waals surface area contributed by atoms with Crippen molar-refractivity contribution in [3.05, 3.63) is 34.9 Å². The first kappa shape index (κ1) is 20.5. The van der Waals surface area contributed by atoms with Crippen LogP contribution in [0.4, 0.5) is 26.3 Å². The van der Waals surface area contributed by atoms with Crippen LogP contribution >= 0.6 is 0 Å². The molecule has 25 heavy (non-hydrogen) atoms. The molecule has 0 fully saturated rings. The third kappa shape index (κ3) is 6.43. The highest BCUT2D eigenvalue weighted by Gasteiger charge is 2.37. The number of carbonyl (C=O) groups is 3. The van der Waals surface area contributed by atoms with E-state index >= 15 is 0 Å². The largest absolute Gasteiger partial charge is 0.481 e. The number of benzene rings is 1. The van der Waals surface area contributed by atoms with E-state index in [1.807, 2.05) is 0 Å². The zero-order valence-corrected chi connectivity index (χ0v) is 12.2. The number of esters is 1. The van der Waals surface area contributed by atoms with Crippen molar-refractivity contribution < 1.29 is 50.6 Å². The average Bonchev–Trinajstić information content (AvgIpc) is 2.48. The number of ketones is 1. The lowest BCUT2D eigenvalue weighted by molar-refractivity contribution is -0.155. The highest BCUT2D eigenvalue weighted by molar-refractivity contribution is 6.33. The molecule has 0 bridgehead atoms. The number of rotatable bonds is 6. The van der Waals surface area contributed by atoms with Gasteiger partial charge >= 0.3 is 24.3 Å². The van der Waals surface area contributed by atoms with Gasteiger partial charge in [-0.3, -0.25) is 9.59 Å². The Morgan fingerprint density at radius 3 is 1.76 bits per heavy atom. The number of hydrogen-bond acceptors (Lipinski definition) is 4. The van der Waals surface area contributed by atoms with Gasteiger partial charge < -0.3 is 9.84 Å². The van der Waals surface area contributed by atoms with E-state index in [0.29, 0.717) is 12.1 Å².